The fourth-order valence-electron chi connectivity index (χ4n) is 1.43. The summed E-state index contributed by atoms with van der Waals surface area (Å²) >= 11 is 0. The third kappa shape index (κ3) is 2.42. The molecule has 0 N–H and O–H groups in total. The van der Waals surface area contributed by atoms with Crippen molar-refractivity contribution in [1.82, 2.24) is 0 Å². The van der Waals surface area contributed by atoms with Gasteiger partial charge in [0, 0.05) is 26.6 Å². The van der Waals surface area contributed by atoms with Gasteiger partial charge in [0.2, 0.25) is 0 Å². The van der Waals surface area contributed by atoms with E-state index in [4.69, 9.17) is 4.74 Å². The van der Waals surface area contributed by atoms with Crippen molar-refractivity contribution >= 4 is 11.6 Å². The fraction of sp³-hybridized carbons (Fsp3) is 0.750. The summed E-state index contributed by atoms with van der Waals surface area (Å²) in [7, 11) is 1.59. The molecule has 1 fully saturated rings. The number of carbonyl (C=O) groups excluding carboxylic acids is 2. The van der Waals surface area contributed by atoms with Crippen molar-refractivity contribution in [1.29, 1.82) is 0 Å². The van der Waals surface area contributed by atoms with E-state index in [0.29, 0.717) is 19.4 Å². The van der Waals surface area contributed by atoms with E-state index in [1.165, 1.54) is 0 Å². The highest BCUT2D eigenvalue weighted by Crippen LogP contribution is 2.18. The van der Waals surface area contributed by atoms with Crippen LogP contribution in [0.2, 0.25) is 0 Å². The molecular weight excluding hydrogens is 144 g/mol. The van der Waals surface area contributed by atoms with E-state index in [1.807, 2.05) is 0 Å². The molecule has 0 aliphatic heterocycles. The SMILES string of the molecule is COCC1CC(=O)CC(=O)C1. The molecular formula is C8H12O3. The highest BCUT2D eigenvalue weighted by atomic mass is 16.5. The number of hydrogen-bond acceptors (Lipinski definition) is 3. The van der Waals surface area contributed by atoms with Crippen LogP contribution in [-0.4, -0.2) is 25.3 Å². The predicted octanol–water partition coefficient (Wildman–Crippen LogP) is 0.571. The number of rotatable bonds is 2. The normalized spacial score (nSPS) is 20.8. The monoisotopic (exact) mass is 156 g/mol. The van der Waals surface area contributed by atoms with Crippen LogP contribution in [0, 0.1) is 5.92 Å². The second-order valence-corrected chi connectivity index (χ2v) is 2.98. The first-order valence-electron chi connectivity index (χ1n) is 3.74. The van der Waals surface area contributed by atoms with Crippen LogP contribution in [0.4, 0.5) is 0 Å². The Morgan fingerprint density at radius 3 is 2.36 bits per heavy atom. The van der Waals surface area contributed by atoms with E-state index in [9.17, 15) is 9.59 Å². The number of ether oxygens (including phenoxy) is 1. The second-order valence-electron chi connectivity index (χ2n) is 2.98. The van der Waals surface area contributed by atoms with Gasteiger partial charge in [0.25, 0.3) is 0 Å². The fourth-order valence-corrected chi connectivity index (χ4v) is 1.43. The van der Waals surface area contributed by atoms with Crippen LogP contribution in [0.3, 0.4) is 0 Å². The number of hydrogen-bond donors (Lipinski definition) is 0. The van der Waals surface area contributed by atoms with Crippen LogP contribution in [-0.2, 0) is 14.3 Å². The minimum Gasteiger partial charge on any atom is -0.384 e. The third-order valence-electron chi connectivity index (χ3n) is 1.83. The molecule has 0 aromatic carbocycles. The zero-order valence-electron chi connectivity index (χ0n) is 6.63. The molecule has 1 rings (SSSR count). The standard InChI is InChI=1S/C8H12O3/c1-11-5-6-2-7(9)4-8(10)3-6/h6H,2-5H2,1H3. The van der Waals surface area contributed by atoms with Gasteiger partial charge in [0.1, 0.15) is 11.6 Å². The quantitative estimate of drug-likeness (QED) is 0.549. The number of Topliss-reactive ketones (excluding diaryl/α,β-unsaturated/α-hetero) is 2. The Morgan fingerprint density at radius 1 is 1.36 bits per heavy atom. The first-order valence-corrected chi connectivity index (χ1v) is 3.74. The number of carbonyl (C=O) groups is 2. The van der Waals surface area contributed by atoms with Gasteiger partial charge in [-0.1, -0.05) is 0 Å². The Labute approximate surface area is 65.7 Å². The summed E-state index contributed by atoms with van der Waals surface area (Å²) < 4.78 is 4.87. The van der Waals surface area contributed by atoms with Gasteiger partial charge in [0.15, 0.2) is 0 Å². The van der Waals surface area contributed by atoms with E-state index in [1.54, 1.807) is 7.11 Å². The van der Waals surface area contributed by atoms with Gasteiger partial charge >= 0.3 is 0 Å². The molecule has 0 amide bonds. The zero-order valence-corrected chi connectivity index (χ0v) is 6.63. The van der Waals surface area contributed by atoms with Crippen LogP contribution in [0.5, 0.6) is 0 Å². The Hall–Kier alpha value is -0.700. The van der Waals surface area contributed by atoms with Crippen molar-refractivity contribution < 1.29 is 14.3 Å². The van der Waals surface area contributed by atoms with E-state index >= 15 is 0 Å². The summed E-state index contributed by atoms with van der Waals surface area (Å²) in [6.07, 6.45) is 1.17. The summed E-state index contributed by atoms with van der Waals surface area (Å²) in [5, 5.41) is 0. The molecule has 3 heteroatoms. The lowest BCUT2D eigenvalue weighted by Gasteiger charge is -2.18. The summed E-state index contributed by atoms with van der Waals surface area (Å²) in [5.41, 5.74) is 0. The molecule has 0 aromatic heterocycles. The maximum absolute atomic E-state index is 10.9. The molecule has 0 heterocycles. The van der Waals surface area contributed by atoms with Gasteiger partial charge in [-0.3, -0.25) is 9.59 Å². The highest BCUT2D eigenvalue weighted by molar-refractivity contribution is 6.01. The van der Waals surface area contributed by atoms with Crippen LogP contribution >= 0.6 is 0 Å². The van der Waals surface area contributed by atoms with Crippen molar-refractivity contribution in [2.45, 2.75) is 19.3 Å². The van der Waals surface area contributed by atoms with Crippen molar-refractivity contribution in [2.75, 3.05) is 13.7 Å². The summed E-state index contributed by atoms with van der Waals surface area (Å²) in [6.45, 7) is 0.525. The molecule has 1 aliphatic rings. The molecule has 0 radical (unpaired) electrons. The lowest BCUT2D eigenvalue weighted by molar-refractivity contribution is -0.132. The van der Waals surface area contributed by atoms with Crippen molar-refractivity contribution in [3.8, 4) is 0 Å². The molecule has 0 atom stereocenters. The lowest BCUT2D eigenvalue weighted by Crippen LogP contribution is -2.25. The average molecular weight is 156 g/mol. The molecule has 3 nitrogen and oxygen atoms in total. The molecule has 0 unspecified atom stereocenters. The van der Waals surface area contributed by atoms with Crippen LogP contribution in [0.1, 0.15) is 19.3 Å². The minimum atomic E-state index is 0.0586. The Kier molecular flexibility index (Phi) is 2.76. The van der Waals surface area contributed by atoms with Crippen LogP contribution < -0.4 is 0 Å². The molecule has 1 saturated carbocycles. The summed E-state index contributed by atoms with van der Waals surface area (Å²) in [5.74, 6) is 0.250. The highest BCUT2D eigenvalue weighted by Gasteiger charge is 2.24. The largest absolute Gasteiger partial charge is 0.384 e. The van der Waals surface area contributed by atoms with Gasteiger partial charge in [-0.2, -0.15) is 0 Å². The molecule has 0 aromatic rings. The molecule has 62 valence electrons. The van der Waals surface area contributed by atoms with Crippen molar-refractivity contribution in [3.05, 3.63) is 0 Å². The first kappa shape index (κ1) is 8.40. The summed E-state index contributed by atoms with van der Waals surface area (Å²) in [4.78, 5) is 21.8. The Bertz CT molecular complexity index is 158. The van der Waals surface area contributed by atoms with E-state index in [-0.39, 0.29) is 23.9 Å². The number of methoxy groups -OCH3 is 1. The van der Waals surface area contributed by atoms with Crippen LogP contribution in [0.15, 0.2) is 0 Å². The maximum Gasteiger partial charge on any atom is 0.140 e. The third-order valence-corrected chi connectivity index (χ3v) is 1.83. The molecule has 1 aliphatic carbocycles. The zero-order chi connectivity index (χ0) is 8.27. The Morgan fingerprint density at radius 2 is 1.91 bits per heavy atom. The van der Waals surface area contributed by atoms with Gasteiger partial charge < -0.3 is 4.74 Å². The van der Waals surface area contributed by atoms with Gasteiger partial charge in [-0.25, -0.2) is 0 Å². The molecule has 0 saturated heterocycles. The summed E-state index contributed by atoms with van der Waals surface area (Å²) in [6, 6.07) is 0. The molecule has 0 spiro atoms. The predicted molar refractivity (Wildman–Crippen MR) is 39.2 cm³/mol. The number of ketones is 2. The minimum absolute atomic E-state index is 0.0586. The topological polar surface area (TPSA) is 43.4 Å². The van der Waals surface area contributed by atoms with Crippen molar-refractivity contribution in [2.24, 2.45) is 5.92 Å². The molecule has 11 heavy (non-hydrogen) atoms. The smallest absolute Gasteiger partial charge is 0.140 e. The lowest BCUT2D eigenvalue weighted by atomic mass is 9.88. The second kappa shape index (κ2) is 3.62. The van der Waals surface area contributed by atoms with E-state index in [2.05, 4.69) is 0 Å². The van der Waals surface area contributed by atoms with E-state index in [0.717, 1.165) is 0 Å². The van der Waals surface area contributed by atoms with Crippen molar-refractivity contribution in [3.63, 3.8) is 0 Å². The molecule has 0 bridgehead atoms. The van der Waals surface area contributed by atoms with Crippen LogP contribution in [0.25, 0.3) is 0 Å². The first-order chi connectivity index (χ1) is 5.22. The van der Waals surface area contributed by atoms with E-state index < -0.39 is 0 Å². The maximum atomic E-state index is 10.9. The van der Waals surface area contributed by atoms with Gasteiger partial charge in [0.05, 0.1) is 6.42 Å². The average Bonchev–Trinajstić information content (AvgIpc) is 1.85. The Balaban J connectivity index is 2.43. The van der Waals surface area contributed by atoms with Gasteiger partial charge in [-0.05, 0) is 5.92 Å². The van der Waals surface area contributed by atoms with Gasteiger partial charge in [-0.15, -0.1) is 0 Å².